The fraction of sp³-hybridized carbons (Fsp3) is 0.300. The number of nitrogens with zero attached hydrogens (tertiary/aromatic N) is 1. The highest BCUT2D eigenvalue weighted by Crippen LogP contribution is 2.33. The van der Waals surface area contributed by atoms with Crippen molar-refractivity contribution < 1.29 is 27.5 Å². The molecule has 1 amide bonds. The topological polar surface area (TPSA) is 86.3 Å². The Kier molecular flexibility index (Phi) is 6.37. The molecule has 0 bridgehead atoms. The summed E-state index contributed by atoms with van der Waals surface area (Å²) in [6.07, 6.45) is -4.39. The molecule has 1 aromatic carbocycles. The van der Waals surface area contributed by atoms with Crippen LogP contribution in [0.1, 0.15) is 29.3 Å². The minimum Gasteiger partial charge on any atom is -0.382 e. The van der Waals surface area contributed by atoms with Gasteiger partial charge in [-0.25, -0.2) is 4.39 Å². The van der Waals surface area contributed by atoms with Crippen molar-refractivity contribution in [1.29, 1.82) is 0 Å². The molecule has 3 rings (SSSR count). The molecular formula is C20H20F4N4O2. The third-order valence-electron chi connectivity index (χ3n) is 4.57. The molecule has 6 nitrogen and oxygen atoms in total. The number of carbonyl (C=O) groups excluding carboxylic acids is 1. The number of aliphatic hydroxyl groups excluding tert-OH is 1. The lowest BCUT2D eigenvalue weighted by Crippen LogP contribution is -2.36. The summed E-state index contributed by atoms with van der Waals surface area (Å²) in [6, 6.07) is 4.93. The molecule has 0 aliphatic carbocycles. The van der Waals surface area contributed by atoms with Gasteiger partial charge in [-0.15, -0.1) is 0 Å². The van der Waals surface area contributed by atoms with Crippen molar-refractivity contribution >= 4 is 11.6 Å². The van der Waals surface area contributed by atoms with Crippen LogP contribution in [0.25, 0.3) is 0 Å². The minimum atomic E-state index is -4.74. The maximum Gasteiger partial charge on any atom is 0.416 e. The average molecular weight is 424 g/mol. The van der Waals surface area contributed by atoms with Crippen molar-refractivity contribution in [3.63, 3.8) is 0 Å². The number of alkyl halides is 3. The van der Waals surface area contributed by atoms with Gasteiger partial charge in [0.25, 0.3) is 0 Å². The lowest BCUT2D eigenvalue weighted by atomic mass is 10.0. The Hall–Kier alpha value is -2.98. The van der Waals surface area contributed by atoms with Crippen LogP contribution in [0.15, 0.2) is 47.8 Å². The fourth-order valence-electron chi connectivity index (χ4n) is 3.15. The standard InChI is InChI=1S/C20H20F4N4O2/c1-25-10-15-16(3-5-27-19(15)30)28-14-2-4-26-17(9-14)18(29)11-6-12(20(22,23)24)8-13(21)7-11/h2,4,6-9,18,25,29H,3,5,10H2,1H3,(H,26,28)(H,27,30). The zero-order valence-electron chi connectivity index (χ0n) is 16.0. The molecule has 1 aliphatic rings. The van der Waals surface area contributed by atoms with Crippen LogP contribution in [-0.4, -0.2) is 36.1 Å². The van der Waals surface area contributed by atoms with Crippen LogP contribution < -0.4 is 16.0 Å². The molecule has 0 fully saturated rings. The van der Waals surface area contributed by atoms with Crippen LogP contribution in [0.5, 0.6) is 0 Å². The fourth-order valence-corrected chi connectivity index (χ4v) is 3.15. The molecule has 1 unspecified atom stereocenters. The first-order valence-corrected chi connectivity index (χ1v) is 9.12. The summed E-state index contributed by atoms with van der Waals surface area (Å²) < 4.78 is 52.5. The lowest BCUT2D eigenvalue weighted by molar-refractivity contribution is -0.137. The quantitative estimate of drug-likeness (QED) is 0.536. The van der Waals surface area contributed by atoms with Crippen molar-refractivity contribution in [3.05, 3.63) is 70.4 Å². The average Bonchev–Trinajstić information content (AvgIpc) is 2.69. The number of halogens is 4. The Morgan fingerprint density at radius 2 is 2.03 bits per heavy atom. The summed E-state index contributed by atoms with van der Waals surface area (Å²) in [5, 5.41) is 19.3. The van der Waals surface area contributed by atoms with Gasteiger partial charge in [0, 0.05) is 42.7 Å². The molecule has 1 aromatic heterocycles. The highest BCUT2D eigenvalue weighted by molar-refractivity contribution is 5.96. The van der Waals surface area contributed by atoms with E-state index in [4.69, 9.17) is 0 Å². The summed E-state index contributed by atoms with van der Waals surface area (Å²) in [5.41, 5.74) is 0.284. The van der Waals surface area contributed by atoms with Crippen LogP contribution in [0, 0.1) is 5.82 Å². The number of anilines is 1. The van der Waals surface area contributed by atoms with Crippen LogP contribution in [0.2, 0.25) is 0 Å². The second-order valence-corrected chi connectivity index (χ2v) is 6.76. The molecule has 30 heavy (non-hydrogen) atoms. The Morgan fingerprint density at radius 3 is 2.73 bits per heavy atom. The van der Waals surface area contributed by atoms with Crippen LogP contribution in [0.3, 0.4) is 0 Å². The first-order valence-electron chi connectivity index (χ1n) is 9.12. The van der Waals surface area contributed by atoms with E-state index >= 15 is 0 Å². The van der Waals surface area contributed by atoms with E-state index in [1.165, 1.54) is 12.3 Å². The Bertz CT molecular complexity index is 976. The van der Waals surface area contributed by atoms with Gasteiger partial charge >= 0.3 is 6.18 Å². The largest absolute Gasteiger partial charge is 0.416 e. The van der Waals surface area contributed by atoms with E-state index in [1.807, 2.05) is 0 Å². The van der Waals surface area contributed by atoms with Crippen molar-refractivity contribution in [2.24, 2.45) is 0 Å². The normalized spacial score (nSPS) is 15.7. The Morgan fingerprint density at radius 1 is 1.27 bits per heavy atom. The maximum atomic E-state index is 13.7. The van der Waals surface area contributed by atoms with Gasteiger partial charge in [0.1, 0.15) is 11.9 Å². The Labute approximate surface area is 170 Å². The monoisotopic (exact) mass is 424 g/mol. The molecule has 2 aromatic rings. The van der Waals surface area contributed by atoms with Crippen molar-refractivity contribution in [2.75, 3.05) is 25.5 Å². The number of likely N-dealkylation sites (N-methyl/N-ethyl adjacent to an activating group) is 1. The van der Waals surface area contributed by atoms with Crippen LogP contribution >= 0.6 is 0 Å². The molecule has 1 atom stereocenters. The zero-order chi connectivity index (χ0) is 21.9. The predicted octanol–water partition coefficient (Wildman–Crippen LogP) is 2.73. The van der Waals surface area contributed by atoms with Crippen molar-refractivity contribution in [1.82, 2.24) is 15.6 Å². The number of hydrogen-bond acceptors (Lipinski definition) is 5. The van der Waals surface area contributed by atoms with E-state index in [2.05, 4.69) is 20.9 Å². The van der Waals surface area contributed by atoms with Crippen molar-refractivity contribution in [3.8, 4) is 0 Å². The number of nitrogens with one attached hydrogen (secondary N) is 3. The number of carbonyl (C=O) groups is 1. The molecule has 160 valence electrons. The molecule has 4 N–H and O–H groups in total. The summed E-state index contributed by atoms with van der Waals surface area (Å²) in [7, 11) is 1.71. The number of aromatic nitrogens is 1. The molecule has 10 heteroatoms. The first kappa shape index (κ1) is 21.7. The van der Waals surface area contributed by atoms with Gasteiger partial charge in [0.15, 0.2) is 0 Å². The predicted molar refractivity (Wildman–Crippen MR) is 102 cm³/mol. The van der Waals surface area contributed by atoms with Gasteiger partial charge in [-0.2, -0.15) is 13.2 Å². The zero-order valence-corrected chi connectivity index (χ0v) is 16.0. The molecule has 0 saturated heterocycles. The summed E-state index contributed by atoms with van der Waals surface area (Å²) in [6.45, 7) is 0.802. The maximum absolute atomic E-state index is 13.7. The van der Waals surface area contributed by atoms with E-state index in [1.54, 1.807) is 13.1 Å². The molecule has 0 saturated carbocycles. The number of aliphatic hydroxyl groups is 1. The van der Waals surface area contributed by atoms with Crippen LogP contribution in [0.4, 0.5) is 23.2 Å². The molecular weight excluding hydrogens is 404 g/mol. The Balaban J connectivity index is 1.89. The van der Waals surface area contributed by atoms with E-state index in [0.29, 0.717) is 48.6 Å². The number of amides is 1. The molecule has 2 heterocycles. The lowest BCUT2D eigenvalue weighted by Gasteiger charge is -2.22. The van der Waals surface area contributed by atoms with Gasteiger partial charge in [-0.05, 0) is 42.9 Å². The molecule has 0 spiro atoms. The SMILES string of the molecule is CNCC1=C(Nc2ccnc(C(O)c3cc(F)cc(C(F)(F)F)c3)c2)CCNC1=O. The molecule has 1 aliphatic heterocycles. The van der Waals surface area contributed by atoms with E-state index in [9.17, 15) is 27.5 Å². The number of benzene rings is 1. The van der Waals surface area contributed by atoms with Gasteiger partial charge in [-0.3, -0.25) is 9.78 Å². The van der Waals surface area contributed by atoms with Gasteiger partial charge in [-0.1, -0.05) is 0 Å². The van der Waals surface area contributed by atoms with E-state index in [-0.39, 0.29) is 17.2 Å². The first-order chi connectivity index (χ1) is 14.2. The van der Waals surface area contributed by atoms with Gasteiger partial charge in [0.2, 0.25) is 5.91 Å². The summed E-state index contributed by atoms with van der Waals surface area (Å²) in [4.78, 5) is 16.1. The smallest absolute Gasteiger partial charge is 0.382 e. The summed E-state index contributed by atoms with van der Waals surface area (Å²) >= 11 is 0. The highest BCUT2D eigenvalue weighted by Gasteiger charge is 2.32. The van der Waals surface area contributed by atoms with Crippen molar-refractivity contribution in [2.45, 2.75) is 18.7 Å². The number of hydrogen-bond donors (Lipinski definition) is 4. The second kappa shape index (κ2) is 8.80. The van der Waals surface area contributed by atoms with Crippen LogP contribution in [-0.2, 0) is 11.0 Å². The molecule has 0 radical (unpaired) electrons. The van der Waals surface area contributed by atoms with E-state index < -0.39 is 23.7 Å². The third kappa shape index (κ3) is 4.95. The van der Waals surface area contributed by atoms with Gasteiger partial charge in [0.05, 0.1) is 11.3 Å². The number of pyridine rings is 1. The van der Waals surface area contributed by atoms with E-state index in [0.717, 1.165) is 6.07 Å². The number of rotatable bonds is 6. The minimum absolute atomic E-state index is 0.0368. The highest BCUT2D eigenvalue weighted by atomic mass is 19.4. The second-order valence-electron chi connectivity index (χ2n) is 6.76. The van der Waals surface area contributed by atoms with Gasteiger partial charge < -0.3 is 21.1 Å². The third-order valence-corrected chi connectivity index (χ3v) is 4.57. The summed E-state index contributed by atoms with van der Waals surface area (Å²) in [5.74, 6) is -1.31.